The molecule has 1 aromatic heterocycles. The Morgan fingerprint density at radius 1 is 1.25 bits per heavy atom. The van der Waals surface area contributed by atoms with E-state index >= 15 is 0 Å². The maximum Gasteiger partial charge on any atom is 0.329 e. The van der Waals surface area contributed by atoms with Crippen molar-refractivity contribution in [3.63, 3.8) is 0 Å². The van der Waals surface area contributed by atoms with E-state index in [9.17, 15) is 14.7 Å². The van der Waals surface area contributed by atoms with Crippen LogP contribution < -0.4 is 0 Å². The van der Waals surface area contributed by atoms with Crippen LogP contribution in [0.4, 0.5) is 0 Å². The van der Waals surface area contributed by atoms with Crippen molar-refractivity contribution in [3.8, 4) is 5.69 Å². The van der Waals surface area contributed by atoms with E-state index in [1.54, 1.807) is 31.3 Å². The summed E-state index contributed by atoms with van der Waals surface area (Å²) >= 11 is 0. The molecular formula is C16H19N5O3. The van der Waals surface area contributed by atoms with Crippen molar-refractivity contribution in [2.75, 3.05) is 7.05 Å². The molecular weight excluding hydrogens is 310 g/mol. The number of hydrogen-bond donors (Lipinski definition) is 1. The molecule has 0 saturated heterocycles. The van der Waals surface area contributed by atoms with Gasteiger partial charge in [-0.25, -0.2) is 9.48 Å². The van der Waals surface area contributed by atoms with Gasteiger partial charge in [-0.3, -0.25) is 4.79 Å². The summed E-state index contributed by atoms with van der Waals surface area (Å²) in [6, 6.07) is 6.84. The minimum absolute atomic E-state index is 0.311. The van der Waals surface area contributed by atoms with Crippen LogP contribution in [0.3, 0.4) is 0 Å². The number of rotatable bonds is 4. The summed E-state index contributed by atoms with van der Waals surface area (Å²) < 4.78 is 1.45. The van der Waals surface area contributed by atoms with Crippen LogP contribution in [0.2, 0.25) is 0 Å². The predicted molar refractivity (Wildman–Crippen MR) is 84.7 cm³/mol. The number of benzene rings is 1. The molecule has 1 heterocycles. The van der Waals surface area contributed by atoms with Crippen LogP contribution in [0.5, 0.6) is 0 Å². The van der Waals surface area contributed by atoms with Crippen molar-refractivity contribution >= 4 is 11.9 Å². The second kappa shape index (κ2) is 6.38. The molecule has 0 spiro atoms. The van der Waals surface area contributed by atoms with E-state index in [-0.39, 0.29) is 5.91 Å². The largest absolute Gasteiger partial charge is 0.479 e. The zero-order valence-corrected chi connectivity index (χ0v) is 13.4. The zero-order chi connectivity index (χ0) is 17.2. The molecule has 2 aromatic rings. The molecule has 0 radical (unpaired) electrons. The first kappa shape index (κ1) is 16.1. The van der Waals surface area contributed by atoms with Gasteiger partial charge >= 0.3 is 5.97 Å². The Labute approximate surface area is 139 Å². The Kier molecular flexibility index (Phi) is 4.28. The number of nitrogens with zero attached hydrogens (tertiary/aromatic N) is 5. The summed E-state index contributed by atoms with van der Waals surface area (Å²) in [5, 5.41) is 20.7. The smallest absolute Gasteiger partial charge is 0.329 e. The van der Waals surface area contributed by atoms with Crippen molar-refractivity contribution in [2.24, 2.45) is 0 Å². The first-order chi connectivity index (χ1) is 11.5. The highest BCUT2D eigenvalue weighted by Gasteiger charge is 2.45. The SMILES string of the molecule is CN(C(=O)c1cccc(-n2cnnn2)c1)C1(C(=O)O)CCCCC1. The van der Waals surface area contributed by atoms with Gasteiger partial charge < -0.3 is 10.0 Å². The predicted octanol–water partition coefficient (Wildman–Crippen LogP) is 1.52. The third kappa shape index (κ3) is 2.75. The van der Waals surface area contributed by atoms with Crippen LogP contribution in [0.25, 0.3) is 5.69 Å². The van der Waals surface area contributed by atoms with E-state index in [0.29, 0.717) is 24.1 Å². The molecule has 1 saturated carbocycles. The lowest BCUT2D eigenvalue weighted by Gasteiger charge is -2.41. The average molecular weight is 329 g/mol. The number of amides is 1. The Bertz CT molecular complexity index is 738. The van der Waals surface area contributed by atoms with E-state index in [1.165, 1.54) is 15.9 Å². The van der Waals surface area contributed by atoms with Crippen LogP contribution in [0.15, 0.2) is 30.6 Å². The van der Waals surface area contributed by atoms with Gasteiger partial charge in [-0.15, -0.1) is 5.10 Å². The number of carbonyl (C=O) groups excluding carboxylic acids is 1. The Hall–Kier alpha value is -2.77. The summed E-state index contributed by atoms with van der Waals surface area (Å²) in [6.45, 7) is 0. The first-order valence-electron chi connectivity index (χ1n) is 7.89. The molecule has 126 valence electrons. The number of hydrogen-bond acceptors (Lipinski definition) is 5. The molecule has 8 nitrogen and oxygen atoms in total. The van der Waals surface area contributed by atoms with Gasteiger partial charge in [0.2, 0.25) is 0 Å². The molecule has 8 heteroatoms. The third-order valence-corrected chi connectivity index (χ3v) is 4.73. The minimum Gasteiger partial charge on any atom is -0.479 e. The zero-order valence-electron chi connectivity index (χ0n) is 13.4. The van der Waals surface area contributed by atoms with Gasteiger partial charge in [-0.1, -0.05) is 25.3 Å². The van der Waals surface area contributed by atoms with Crippen molar-refractivity contribution in [1.82, 2.24) is 25.1 Å². The number of aliphatic carboxylic acids is 1. The summed E-state index contributed by atoms with van der Waals surface area (Å²) in [7, 11) is 1.57. The molecule has 1 fully saturated rings. The number of carboxylic acid groups (broad SMARTS) is 1. The van der Waals surface area contributed by atoms with Crippen LogP contribution in [0.1, 0.15) is 42.5 Å². The average Bonchev–Trinajstić information content (AvgIpc) is 3.15. The van der Waals surface area contributed by atoms with E-state index in [1.807, 2.05) is 0 Å². The molecule has 0 bridgehead atoms. The maximum atomic E-state index is 12.9. The van der Waals surface area contributed by atoms with Crippen molar-refractivity contribution in [3.05, 3.63) is 36.2 Å². The monoisotopic (exact) mass is 329 g/mol. The fraction of sp³-hybridized carbons (Fsp3) is 0.438. The van der Waals surface area contributed by atoms with Crippen LogP contribution in [-0.2, 0) is 4.79 Å². The minimum atomic E-state index is -1.12. The van der Waals surface area contributed by atoms with E-state index in [4.69, 9.17) is 0 Å². The number of likely N-dealkylation sites (N-methyl/N-ethyl adjacent to an activating group) is 1. The van der Waals surface area contributed by atoms with Gasteiger partial charge in [0.15, 0.2) is 0 Å². The highest BCUT2D eigenvalue weighted by Crippen LogP contribution is 2.34. The number of carboxylic acids is 1. The van der Waals surface area contributed by atoms with Crippen LogP contribution >= 0.6 is 0 Å². The highest BCUT2D eigenvalue weighted by atomic mass is 16.4. The third-order valence-electron chi connectivity index (χ3n) is 4.73. The van der Waals surface area contributed by atoms with Crippen molar-refractivity contribution in [1.29, 1.82) is 0 Å². The first-order valence-corrected chi connectivity index (χ1v) is 7.89. The standard InChI is InChI=1S/C16H19N5O3/c1-20(16(15(23)24)8-3-2-4-9-16)14(22)12-6-5-7-13(10-12)21-11-17-18-19-21/h5-7,10-11H,2-4,8-9H2,1H3,(H,23,24). The van der Waals surface area contributed by atoms with Gasteiger partial charge in [0.25, 0.3) is 5.91 Å². The molecule has 1 N–H and O–H groups in total. The summed E-state index contributed by atoms with van der Waals surface area (Å²) in [6.07, 6.45) is 5.04. The van der Waals surface area contributed by atoms with Crippen molar-refractivity contribution < 1.29 is 14.7 Å². The maximum absolute atomic E-state index is 12.9. The summed E-state index contributed by atoms with van der Waals surface area (Å²) in [5.41, 5.74) is -0.0656. The molecule has 0 aliphatic heterocycles. The molecule has 1 aromatic carbocycles. The fourth-order valence-corrected chi connectivity index (χ4v) is 3.28. The van der Waals surface area contributed by atoms with Crippen molar-refractivity contribution in [2.45, 2.75) is 37.6 Å². The number of tetrazole rings is 1. The van der Waals surface area contributed by atoms with E-state index < -0.39 is 11.5 Å². The number of carbonyl (C=O) groups is 2. The lowest BCUT2D eigenvalue weighted by molar-refractivity contribution is -0.151. The van der Waals surface area contributed by atoms with Gasteiger partial charge in [-0.2, -0.15) is 0 Å². The second-order valence-corrected chi connectivity index (χ2v) is 6.07. The molecule has 0 unspecified atom stereocenters. The summed E-state index contributed by atoms with van der Waals surface area (Å²) in [5.74, 6) is -1.25. The van der Waals surface area contributed by atoms with Crippen LogP contribution in [0, 0.1) is 0 Å². The van der Waals surface area contributed by atoms with E-state index in [0.717, 1.165) is 19.3 Å². The lowest BCUT2D eigenvalue weighted by atomic mass is 9.80. The van der Waals surface area contributed by atoms with Gasteiger partial charge in [0, 0.05) is 12.6 Å². The lowest BCUT2D eigenvalue weighted by Crippen LogP contribution is -2.56. The number of aromatic nitrogens is 4. The van der Waals surface area contributed by atoms with Crippen LogP contribution in [-0.4, -0.2) is 54.7 Å². The molecule has 1 amide bonds. The van der Waals surface area contributed by atoms with Gasteiger partial charge in [0.05, 0.1) is 5.69 Å². The van der Waals surface area contributed by atoms with Gasteiger partial charge in [-0.05, 0) is 41.5 Å². The Balaban J connectivity index is 1.90. The summed E-state index contributed by atoms with van der Waals surface area (Å²) in [4.78, 5) is 26.1. The molecule has 1 aliphatic rings. The second-order valence-electron chi connectivity index (χ2n) is 6.07. The molecule has 24 heavy (non-hydrogen) atoms. The topological polar surface area (TPSA) is 101 Å². The van der Waals surface area contributed by atoms with E-state index in [2.05, 4.69) is 15.5 Å². The normalized spacial score (nSPS) is 16.5. The Morgan fingerprint density at radius 2 is 2.00 bits per heavy atom. The highest BCUT2D eigenvalue weighted by molar-refractivity contribution is 5.98. The fourth-order valence-electron chi connectivity index (χ4n) is 3.28. The Morgan fingerprint density at radius 3 is 2.62 bits per heavy atom. The molecule has 1 aliphatic carbocycles. The van der Waals surface area contributed by atoms with Gasteiger partial charge in [0.1, 0.15) is 11.9 Å². The molecule has 3 rings (SSSR count). The quantitative estimate of drug-likeness (QED) is 0.912. The molecule has 0 atom stereocenters.